The Morgan fingerprint density at radius 1 is 1.05 bits per heavy atom. The number of hydrogen-bond donors (Lipinski definition) is 1. The smallest absolute Gasteiger partial charge is 0.242 e. The monoisotopic (exact) mass is 601 g/mol. The van der Waals surface area contributed by atoms with Crippen LogP contribution in [-0.2, 0) is 26.2 Å². The lowest BCUT2D eigenvalue weighted by Gasteiger charge is -2.30. The number of sulfonamides is 1. The number of carbonyl (C=O) groups is 2. The molecule has 0 radical (unpaired) electrons. The number of nitrogens with one attached hydrogen (secondary N) is 1. The molecular formula is C27H34Cl3N3O4S. The van der Waals surface area contributed by atoms with Gasteiger partial charge in [0, 0.05) is 40.6 Å². The van der Waals surface area contributed by atoms with E-state index in [9.17, 15) is 18.0 Å². The predicted octanol–water partition coefficient (Wildman–Crippen LogP) is 5.98. The number of rotatable bonds is 11. The Morgan fingerprint density at radius 2 is 1.68 bits per heavy atom. The third-order valence-corrected chi connectivity index (χ3v) is 8.82. The van der Waals surface area contributed by atoms with Crippen LogP contribution in [0.2, 0.25) is 15.1 Å². The molecule has 0 aromatic heterocycles. The van der Waals surface area contributed by atoms with Crippen molar-refractivity contribution in [3.05, 3.63) is 62.6 Å². The van der Waals surface area contributed by atoms with Crippen molar-refractivity contribution in [2.45, 2.75) is 71.0 Å². The lowest BCUT2D eigenvalue weighted by molar-refractivity contribution is -0.140. The minimum Gasteiger partial charge on any atom is -0.352 e. The molecule has 1 fully saturated rings. The lowest BCUT2D eigenvalue weighted by Crippen LogP contribution is -2.49. The van der Waals surface area contributed by atoms with E-state index < -0.39 is 16.1 Å². The highest BCUT2D eigenvalue weighted by molar-refractivity contribution is 7.92. The van der Waals surface area contributed by atoms with Crippen molar-refractivity contribution < 1.29 is 18.0 Å². The van der Waals surface area contributed by atoms with Gasteiger partial charge < -0.3 is 10.2 Å². The van der Waals surface area contributed by atoms with E-state index in [2.05, 4.69) is 5.32 Å². The lowest BCUT2D eigenvalue weighted by atomic mass is 10.1. The van der Waals surface area contributed by atoms with Gasteiger partial charge in [-0.15, -0.1) is 0 Å². The molecular weight excluding hydrogens is 569 g/mol. The van der Waals surface area contributed by atoms with Crippen LogP contribution >= 0.6 is 34.8 Å². The van der Waals surface area contributed by atoms with Crippen molar-refractivity contribution in [3.8, 4) is 0 Å². The highest BCUT2D eigenvalue weighted by Gasteiger charge is 2.29. The van der Waals surface area contributed by atoms with E-state index in [4.69, 9.17) is 34.8 Å². The molecule has 1 N–H and O–H groups in total. The summed E-state index contributed by atoms with van der Waals surface area (Å²) in [5, 5.41) is 4.36. The molecule has 0 spiro atoms. The second kappa shape index (κ2) is 13.4. The summed E-state index contributed by atoms with van der Waals surface area (Å²) in [7, 11) is -3.62. The maximum Gasteiger partial charge on any atom is 0.242 e. The first-order chi connectivity index (χ1) is 17.9. The van der Waals surface area contributed by atoms with Crippen molar-refractivity contribution in [2.24, 2.45) is 0 Å². The van der Waals surface area contributed by atoms with Crippen LogP contribution in [0.1, 0.15) is 56.6 Å². The summed E-state index contributed by atoms with van der Waals surface area (Å²) in [6, 6.07) is 9.45. The number of nitrogens with zero attached hydrogens (tertiary/aromatic N) is 2. The molecule has 1 aliphatic carbocycles. The van der Waals surface area contributed by atoms with Gasteiger partial charge in [-0.2, -0.15) is 0 Å². The van der Waals surface area contributed by atoms with Gasteiger partial charge in [-0.3, -0.25) is 13.9 Å². The molecule has 3 rings (SSSR count). The van der Waals surface area contributed by atoms with Crippen LogP contribution in [0.4, 0.5) is 5.69 Å². The Hall–Kier alpha value is -2.00. The minimum atomic E-state index is -3.62. The Kier molecular flexibility index (Phi) is 10.7. The average Bonchev–Trinajstić information content (AvgIpc) is 3.35. The third kappa shape index (κ3) is 8.25. The molecule has 2 aromatic rings. The number of halogens is 3. The van der Waals surface area contributed by atoms with E-state index in [-0.39, 0.29) is 43.8 Å². The summed E-state index contributed by atoms with van der Waals surface area (Å²) in [6.07, 6.45) is 5.42. The van der Waals surface area contributed by atoms with Crippen LogP contribution in [0.15, 0.2) is 36.4 Å². The molecule has 0 saturated heterocycles. The van der Waals surface area contributed by atoms with E-state index in [0.717, 1.165) is 37.5 Å². The molecule has 0 heterocycles. The highest BCUT2D eigenvalue weighted by atomic mass is 35.5. The predicted molar refractivity (Wildman–Crippen MR) is 154 cm³/mol. The maximum atomic E-state index is 13.5. The Labute approximate surface area is 240 Å². The second-order valence-electron chi connectivity index (χ2n) is 9.79. The fraction of sp³-hybridized carbons (Fsp3) is 0.481. The van der Waals surface area contributed by atoms with Gasteiger partial charge in [-0.25, -0.2) is 8.42 Å². The Balaban J connectivity index is 1.77. The molecule has 11 heteroatoms. The van der Waals surface area contributed by atoms with Crippen LogP contribution in [0, 0.1) is 6.92 Å². The molecule has 0 aliphatic heterocycles. The van der Waals surface area contributed by atoms with Gasteiger partial charge in [0.1, 0.15) is 6.04 Å². The van der Waals surface area contributed by atoms with Crippen molar-refractivity contribution >= 4 is 62.3 Å². The quantitative estimate of drug-likeness (QED) is 0.343. The first-order valence-electron chi connectivity index (χ1n) is 12.6. The molecule has 1 saturated carbocycles. The van der Waals surface area contributed by atoms with Crippen molar-refractivity contribution in [1.29, 1.82) is 0 Å². The maximum absolute atomic E-state index is 13.5. The van der Waals surface area contributed by atoms with E-state index in [0.29, 0.717) is 26.3 Å². The third-order valence-electron chi connectivity index (χ3n) is 6.82. The SMILES string of the molecule is Cc1ccc(Cl)cc1N(CCCC(=O)N(Cc1ccc(Cl)cc1Cl)[C@@H](C)C(=O)NC1CCCC1)S(C)(=O)=O. The average molecular weight is 603 g/mol. The number of amides is 2. The first kappa shape index (κ1) is 30.5. The topological polar surface area (TPSA) is 86.8 Å². The summed E-state index contributed by atoms with van der Waals surface area (Å²) < 4.78 is 26.4. The molecule has 7 nitrogen and oxygen atoms in total. The summed E-state index contributed by atoms with van der Waals surface area (Å²) in [5.74, 6) is -0.496. The number of benzene rings is 2. The molecule has 2 amide bonds. The van der Waals surface area contributed by atoms with Crippen molar-refractivity contribution in [3.63, 3.8) is 0 Å². The Bertz CT molecular complexity index is 1270. The van der Waals surface area contributed by atoms with Gasteiger partial charge in [0.15, 0.2) is 0 Å². The molecule has 0 unspecified atom stereocenters. The summed E-state index contributed by atoms with van der Waals surface area (Å²) in [4.78, 5) is 28.1. The van der Waals surface area contributed by atoms with E-state index in [1.165, 1.54) is 9.21 Å². The van der Waals surface area contributed by atoms with Gasteiger partial charge >= 0.3 is 0 Å². The van der Waals surface area contributed by atoms with Crippen LogP contribution in [0.5, 0.6) is 0 Å². The van der Waals surface area contributed by atoms with E-state index in [1.54, 1.807) is 50.2 Å². The van der Waals surface area contributed by atoms with E-state index in [1.807, 2.05) is 0 Å². The summed E-state index contributed by atoms with van der Waals surface area (Å²) >= 11 is 18.5. The number of hydrogen-bond acceptors (Lipinski definition) is 4. The first-order valence-corrected chi connectivity index (χ1v) is 15.6. The molecule has 38 heavy (non-hydrogen) atoms. The van der Waals surface area contributed by atoms with Gasteiger partial charge in [-0.05, 0) is 68.5 Å². The number of aryl methyl sites for hydroxylation is 1. The summed E-state index contributed by atoms with van der Waals surface area (Å²) in [6.45, 7) is 3.71. The molecule has 2 aromatic carbocycles. The number of carbonyl (C=O) groups excluding carboxylic acids is 2. The van der Waals surface area contributed by atoms with Gasteiger partial charge in [0.25, 0.3) is 0 Å². The van der Waals surface area contributed by atoms with Crippen LogP contribution in [-0.4, -0.2) is 50.0 Å². The molecule has 208 valence electrons. The largest absolute Gasteiger partial charge is 0.352 e. The van der Waals surface area contributed by atoms with Crippen LogP contribution in [0.3, 0.4) is 0 Å². The minimum absolute atomic E-state index is 0.0396. The zero-order valence-corrected chi connectivity index (χ0v) is 24.9. The normalized spacial score (nSPS) is 14.8. The van der Waals surface area contributed by atoms with Gasteiger partial charge in [-0.1, -0.05) is 59.8 Å². The fourth-order valence-corrected chi connectivity index (χ4v) is 6.29. The fourth-order valence-electron chi connectivity index (χ4n) is 4.64. The molecule has 1 aliphatic rings. The van der Waals surface area contributed by atoms with Gasteiger partial charge in [0.05, 0.1) is 11.9 Å². The summed E-state index contributed by atoms with van der Waals surface area (Å²) in [5.41, 5.74) is 1.89. The highest BCUT2D eigenvalue weighted by Crippen LogP contribution is 2.28. The van der Waals surface area contributed by atoms with Crippen LogP contribution < -0.4 is 9.62 Å². The second-order valence-corrected chi connectivity index (χ2v) is 13.0. The number of anilines is 1. The van der Waals surface area contributed by atoms with E-state index >= 15 is 0 Å². The van der Waals surface area contributed by atoms with Gasteiger partial charge in [0.2, 0.25) is 21.8 Å². The standard InChI is InChI=1S/C27H34Cl3N3O4S/c1-18-10-12-22(29)16-25(18)33(38(3,36)37)14-6-9-26(34)32(17-20-11-13-21(28)15-24(20)30)19(2)27(35)31-23-7-4-5-8-23/h10-13,15-16,19,23H,4-9,14,17H2,1-3H3,(H,31,35)/t19-/m0/s1. The Morgan fingerprint density at radius 3 is 2.32 bits per heavy atom. The van der Waals surface area contributed by atoms with Crippen molar-refractivity contribution in [2.75, 3.05) is 17.1 Å². The zero-order valence-electron chi connectivity index (χ0n) is 21.8. The molecule has 1 atom stereocenters. The zero-order chi connectivity index (χ0) is 28.0. The van der Waals surface area contributed by atoms with Crippen molar-refractivity contribution in [1.82, 2.24) is 10.2 Å². The molecule has 0 bridgehead atoms. The van der Waals surface area contributed by atoms with Crippen LogP contribution in [0.25, 0.3) is 0 Å².